The number of likely N-dealkylation sites (tertiary alicyclic amines) is 1. The minimum absolute atomic E-state index is 0.0980. The van der Waals surface area contributed by atoms with E-state index in [4.69, 9.17) is 9.47 Å². The first-order valence-electron chi connectivity index (χ1n) is 8.27. The first kappa shape index (κ1) is 16.5. The predicted octanol–water partition coefficient (Wildman–Crippen LogP) is 2.07. The normalized spacial score (nSPS) is 16.0. The summed E-state index contributed by atoms with van der Waals surface area (Å²) in [6, 6.07) is 7.72. The number of aromatic amines is 1. The summed E-state index contributed by atoms with van der Waals surface area (Å²) < 4.78 is 11.2. The molecule has 24 heavy (non-hydrogen) atoms. The third-order valence-corrected chi connectivity index (χ3v) is 4.41. The van der Waals surface area contributed by atoms with Gasteiger partial charge in [-0.25, -0.2) is 0 Å². The van der Waals surface area contributed by atoms with E-state index in [1.807, 2.05) is 24.3 Å². The zero-order chi connectivity index (χ0) is 16.8. The summed E-state index contributed by atoms with van der Waals surface area (Å²) in [5.74, 6) is 2.08. The van der Waals surface area contributed by atoms with Gasteiger partial charge in [0.15, 0.2) is 11.5 Å². The lowest BCUT2D eigenvalue weighted by Crippen LogP contribution is -2.36. The Hall–Kier alpha value is -2.34. The number of para-hydroxylation sites is 2. The van der Waals surface area contributed by atoms with Crippen LogP contribution in [0.15, 0.2) is 41.5 Å². The SMILES string of the molecule is COc1ccccc1OCC1CCN(Cc2ncc[nH]c2=O)CC1. The zero-order valence-corrected chi connectivity index (χ0v) is 13.9. The summed E-state index contributed by atoms with van der Waals surface area (Å²) in [6.07, 6.45) is 5.30. The molecule has 2 heterocycles. The van der Waals surface area contributed by atoms with E-state index in [1.165, 1.54) is 0 Å². The molecule has 1 fully saturated rings. The molecule has 6 nitrogen and oxygen atoms in total. The van der Waals surface area contributed by atoms with E-state index in [9.17, 15) is 4.79 Å². The fourth-order valence-electron chi connectivity index (χ4n) is 2.96. The van der Waals surface area contributed by atoms with Gasteiger partial charge in [-0.1, -0.05) is 12.1 Å². The van der Waals surface area contributed by atoms with Crippen molar-refractivity contribution in [3.05, 3.63) is 52.7 Å². The summed E-state index contributed by atoms with van der Waals surface area (Å²) >= 11 is 0. The highest BCUT2D eigenvalue weighted by Gasteiger charge is 2.21. The van der Waals surface area contributed by atoms with Crippen LogP contribution < -0.4 is 15.0 Å². The number of methoxy groups -OCH3 is 1. The van der Waals surface area contributed by atoms with Gasteiger partial charge in [0.25, 0.3) is 5.56 Å². The van der Waals surface area contributed by atoms with Crippen molar-refractivity contribution in [3.8, 4) is 11.5 Å². The number of H-pyrrole nitrogens is 1. The van der Waals surface area contributed by atoms with Gasteiger partial charge < -0.3 is 14.5 Å². The zero-order valence-electron chi connectivity index (χ0n) is 13.9. The van der Waals surface area contributed by atoms with Gasteiger partial charge in [0.2, 0.25) is 0 Å². The molecule has 1 aliphatic heterocycles. The molecule has 0 bridgehead atoms. The van der Waals surface area contributed by atoms with Crippen LogP contribution in [0, 0.1) is 5.92 Å². The van der Waals surface area contributed by atoms with Gasteiger partial charge in [-0.3, -0.25) is 14.7 Å². The predicted molar refractivity (Wildman–Crippen MR) is 91.3 cm³/mol. The summed E-state index contributed by atoms with van der Waals surface area (Å²) in [5.41, 5.74) is 0.486. The maximum absolute atomic E-state index is 11.7. The molecule has 1 aromatic carbocycles. The fraction of sp³-hybridized carbons (Fsp3) is 0.444. The molecule has 0 radical (unpaired) electrons. The Kier molecular flexibility index (Phi) is 5.48. The molecule has 3 rings (SSSR count). The Balaban J connectivity index is 1.47. The Bertz CT molecular complexity index is 708. The summed E-state index contributed by atoms with van der Waals surface area (Å²) in [4.78, 5) is 20.8. The van der Waals surface area contributed by atoms with E-state index in [0.717, 1.165) is 37.4 Å². The lowest BCUT2D eigenvalue weighted by molar-refractivity contribution is 0.133. The van der Waals surface area contributed by atoms with Crippen LogP contribution in [0.25, 0.3) is 0 Å². The first-order chi connectivity index (χ1) is 11.8. The van der Waals surface area contributed by atoms with Crippen molar-refractivity contribution < 1.29 is 9.47 Å². The highest BCUT2D eigenvalue weighted by molar-refractivity contribution is 5.39. The van der Waals surface area contributed by atoms with E-state index < -0.39 is 0 Å². The number of ether oxygens (including phenoxy) is 2. The number of nitrogens with zero attached hydrogens (tertiary/aromatic N) is 2. The minimum atomic E-state index is -0.0980. The number of hydrogen-bond acceptors (Lipinski definition) is 5. The fourth-order valence-corrected chi connectivity index (χ4v) is 2.96. The Morgan fingerprint density at radius 1 is 1.25 bits per heavy atom. The monoisotopic (exact) mass is 329 g/mol. The third kappa shape index (κ3) is 4.14. The molecule has 0 spiro atoms. The topological polar surface area (TPSA) is 67.5 Å². The molecule has 6 heteroatoms. The molecule has 1 aliphatic rings. The average molecular weight is 329 g/mol. The van der Waals surface area contributed by atoms with Gasteiger partial charge in [-0.2, -0.15) is 0 Å². The quantitative estimate of drug-likeness (QED) is 0.879. The number of nitrogens with one attached hydrogen (secondary N) is 1. The average Bonchev–Trinajstić information content (AvgIpc) is 2.63. The second-order valence-corrected chi connectivity index (χ2v) is 6.05. The number of hydrogen-bond donors (Lipinski definition) is 1. The van der Waals surface area contributed by atoms with Crippen molar-refractivity contribution in [3.63, 3.8) is 0 Å². The van der Waals surface area contributed by atoms with Crippen molar-refractivity contribution in [1.82, 2.24) is 14.9 Å². The minimum Gasteiger partial charge on any atom is -0.493 e. The molecule has 0 atom stereocenters. The Morgan fingerprint density at radius 2 is 2.00 bits per heavy atom. The van der Waals surface area contributed by atoms with Crippen LogP contribution in [0.2, 0.25) is 0 Å². The molecule has 128 valence electrons. The van der Waals surface area contributed by atoms with Crippen LogP contribution in [0.3, 0.4) is 0 Å². The molecule has 1 N–H and O–H groups in total. The highest BCUT2D eigenvalue weighted by Crippen LogP contribution is 2.27. The van der Waals surface area contributed by atoms with E-state index in [1.54, 1.807) is 19.5 Å². The number of benzene rings is 1. The van der Waals surface area contributed by atoms with Crippen LogP contribution in [0.5, 0.6) is 11.5 Å². The summed E-state index contributed by atoms with van der Waals surface area (Å²) in [5, 5.41) is 0. The van der Waals surface area contributed by atoms with E-state index in [0.29, 0.717) is 24.8 Å². The Morgan fingerprint density at radius 3 is 2.71 bits per heavy atom. The summed E-state index contributed by atoms with van der Waals surface area (Å²) in [7, 11) is 1.65. The van der Waals surface area contributed by atoms with Crippen LogP contribution in [-0.4, -0.2) is 41.7 Å². The highest BCUT2D eigenvalue weighted by atomic mass is 16.5. The van der Waals surface area contributed by atoms with Gasteiger partial charge >= 0.3 is 0 Å². The molecule has 2 aromatic rings. The van der Waals surface area contributed by atoms with Gasteiger partial charge in [0.05, 0.1) is 13.7 Å². The van der Waals surface area contributed by atoms with E-state index in [2.05, 4.69) is 14.9 Å². The van der Waals surface area contributed by atoms with Gasteiger partial charge in [-0.05, 0) is 44.0 Å². The lowest BCUT2D eigenvalue weighted by atomic mass is 9.97. The first-order valence-corrected chi connectivity index (χ1v) is 8.27. The van der Waals surface area contributed by atoms with E-state index in [-0.39, 0.29) is 5.56 Å². The molecule has 1 aromatic heterocycles. The molecular weight excluding hydrogens is 306 g/mol. The number of rotatable bonds is 6. The number of aromatic nitrogens is 2. The molecule has 0 unspecified atom stereocenters. The molecule has 0 amide bonds. The van der Waals surface area contributed by atoms with Crippen molar-refractivity contribution in [2.24, 2.45) is 5.92 Å². The second-order valence-electron chi connectivity index (χ2n) is 6.05. The number of piperidine rings is 1. The van der Waals surface area contributed by atoms with Crippen LogP contribution in [0.4, 0.5) is 0 Å². The molecular formula is C18H23N3O3. The largest absolute Gasteiger partial charge is 0.493 e. The second kappa shape index (κ2) is 7.97. The summed E-state index contributed by atoms with van der Waals surface area (Å²) in [6.45, 7) is 3.21. The third-order valence-electron chi connectivity index (χ3n) is 4.41. The maximum atomic E-state index is 11.7. The van der Waals surface area contributed by atoms with Crippen LogP contribution >= 0.6 is 0 Å². The van der Waals surface area contributed by atoms with Crippen molar-refractivity contribution in [2.75, 3.05) is 26.8 Å². The van der Waals surface area contributed by atoms with Crippen molar-refractivity contribution in [2.45, 2.75) is 19.4 Å². The van der Waals surface area contributed by atoms with Crippen molar-refractivity contribution in [1.29, 1.82) is 0 Å². The Labute approximate surface area is 141 Å². The molecule has 0 aliphatic carbocycles. The van der Waals surface area contributed by atoms with Gasteiger partial charge in [-0.15, -0.1) is 0 Å². The van der Waals surface area contributed by atoms with Crippen LogP contribution in [-0.2, 0) is 6.54 Å². The maximum Gasteiger partial charge on any atom is 0.270 e. The standard InChI is InChI=1S/C18H23N3O3/c1-23-16-4-2-3-5-17(16)24-13-14-6-10-21(11-7-14)12-15-18(22)20-9-8-19-15/h2-5,8-9,14H,6-7,10-13H2,1H3,(H,20,22). The van der Waals surface area contributed by atoms with Gasteiger partial charge in [0, 0.05) is 18.9 Å². The lowest BCUT2D eigenvalue weighted by Gasteiger charge is -2.31. The molecule has 0 saturated carbocycles. The molecule has 1 saturated heterocycles. The van der Waals surface area contributed by atoms with Crippen molar-refractivity contribution >= 4 is 0 Å². The van der Waals surface area contributed by atoms with Crippen LogP contribution in [0.1, 0.15) is 18.5 Å². The van der Waals surface area contributed by atoms with Gasteiger partial charge in [0.1, 0.15) is 5.69 Å². The smallest absolute Gasteiger partial charge is 0.270 e. The van der Waals surface area contributed by atoms with E-state index >= 15 is 0 Å².